The molecule has 176 valence electrons. The number of methoxy groups -OCH3 is 1. The van der Waals surface area contributed by atoms with Gasteiger partial charge in [0.25, 0.3) is 0 Å². The molecule has 0 bridgehead atoms. The van der Waals surface area contributed by atoms with E-state index in [-0.39, 0.29) is 12.2 Å². The van der Waals surface area contributed by atoms with Crippen molar-refractivity contribution in [1.29, 1.82) is 0 Å². The van der Waals surface area contributed by atoms with Gasteiger partial charge in [0.05, 0.1) is 19.3 Å². The number of rotatable bonds is 7. The lowest BCUT2D eigenvalue weighted by Crippen LogP contribution is -2.07. The van der Waals surface area contributed by atoms with Gasteiger partial charge < -0.3 is 23.0 Å². The van der Waals surface area contributed by atoms with Crippen LogP contribution in [0.3, 0.4) is 0 Å². The minimum absolute atomic E-state index is 0.256. The quantitative estimate of drug-likeness (QED) is 0.288. The average Bonchev–Trinajstić information content (AvgIpc) is 2.87. The van der Waals surface area contributed by atoms with Gasteiger partial charge in [0.1, 0.15) is 23.7 Å². The monoisotopic (exact) mass is 470 g/mol. The van der Waals surface area contributed by atoms with Gasteiger partial charge in [0.2, 0.25) is 0 Å². The van der Waals surface area contributed by atoms with E-state index in [0.29, 0.717) is 45.6 Å². The highest BCUT2D eigenvalue weighted by molar-refractivity contribution is 5.96. The van der Waals surface area contributed by atoms with Gasteiger partial charge >= 0.3 is 11.3 Å². The minimum atomic E-state index is -0.586. The van der Waals surface area contributed by atoms with Crippen LogP contribution < -0.4 is 25.5 Å². The van der Waals surface area contributed by atoms with Crippen LogP contribution >= 0.6 is 0 Å². The van der Waals surface area contributed by atoms with Crippen LogP contribution in [0.25, 0.3) is 33.1 Å². The number of hydrogen-bond acceptors (Lipinski definition) is 7. The van der Waals surface area contributed by atoms with Crippen LogP contribution in [0.1, 0.15) is 12.5 Å². The molecule has 0 aliphatic heterocycles. The number of para-hydroxylation sites is 2. The molecule has 7 nitrogen and oxygen atoms in total. The summed E-state index contributed by atoms with van der Waals surface area (Å²) < 4.78 is 27.9. The fourth-order valence-corrected chi connectivity index (χ4v) is 4.01. The van der Waals surface area contributed by atoms with Gasteiger partial charge in [-0.2, -0.15) is 0 Å². The van der Waals surface area contributed by atoms with Crippen molar-refractivity contribution in [1.82, 2.24) is 0 Å². The number of fused-ring (bicyclic) bond motifs is 2. The Morgan fingerprint density at radius 1 is 0.800 bits per heavy atom. The van der Waals surface area contributed by atoms with Crippen LogP contribution in [0.15, 0.2) is 91.2 Å². The van der Waals surface area contributed by atoms with Gasteiger partial charge in [-0.15, -0.1) is 0 Å². The van der Waals surface area contributed by atoms with Crippen molar-refractivity contribution in [3.8, 4) is 28.4 Å². The van der Waals surface area contributed by atoms with Crippen LogP contribution in [0, 0.1) is 0 Å². The zero-order chi connectivity index (χ0) is 24.4. The predicted molar refractivity (Wildman–Crippen MR) is 132 cm³/mol. The molecule has 0 N–H and O–H groups in total. The Balaban J connectivity index is 1.55. The van der Waals surface area contributed by atoms with Crippen molar-refractivity contribution in [3.63, 3.8) is 0 Å². The van der Waals surface area contributed by atoms with Gasteiger partial charge in [-0.3, -0.25) is 0 Å². The van der Waals surface area contributed by atoms with E-state index in [4.69, 9.17) is 23.0 Å². The van der Waals surface area contributed by atoms with E-state index in [1.807, 2.05) is 43.3 Å². The molecule has 0 atom stereocenters. The van der Waals surface area contributed by atoms with E-state index < -0.39 is 11.3 Å². The van der Waals surface area contributed by atoms with E-state index in [1.54, 1.807) is 37.4 Å². The second-order valence-corrected chi connectivity index (χ2v) is 7.79. The highest BCUT2D eigenvalue weighted by Crippen LogP contribution is 2.32. The SMILES string of the molecule is CCOc1cccc2cc(-c3cc(=O)oc4cc(OCc5ccccc5OC)ccc34)c(=O)oc12. The molecule has 0 spiro atoms. The molecule has 5 aromatic rings. The molecule has 3 aromatic carbocycles. The van der Waals surface area contributed by atoms with Gasteiger partial charge in [-0.05, 0) is 37.3 Å². The summed E-state index contributed by atoms with van der Waals surface area (Å²) in [5.74, 6) is 1.72. The first kappa shape index (κ1) is 22.3. The molecule has 5 rings (SSSR count). The number of benzene rings is 3. The summed E-state index contributed by atoms with van der Waals surface area (Å²) >= 11 is 0. The van der Waals surface area contributed by atoms with E-state index in [0.717, 1.165) is 11.3 Å². The summed E-state index contributed by atoms with van der Waals surface area (Å²) in [7, 11) is 1.60. The smallest absolute Gasteiger partial charge is 0.344 e. The Morgan fingerprint density at radius 3 is 2.46 bits per heavy atom. The fraction of sp³-hybridized carbons (Fsp3) is 0.143. The molecule has 0 fully saturated rings. The summed E-state index contributed by atoms with van der Waals surface area (Å²) in [5.41, 5.74) is 1.06. The highest BCUT2D eigenvalue weighted by atomic mass is 16.5. The van der Waals surface area contributed by atoms with Crippen molar-refractivity contribution in [2.45, 2.75) is 13.5 Å². The maximum atomic E-state index is 12.9. The molecule has 0 aliphatic carbocycles. The maximum absolute atomic E-state index is 12.9. The van der Waals surface area contributed by atoms with Crippen molar-refractivity contribution in [3.05, 3.63) is 99.2 Å². The van der Waals surface area contributed by atoms with Gasteiger partial charge in [0.15, 0.2) is 11.3 Å². The third-order valence-electron chi connectivity index (χ3n) is 5.62. The summed E-state index contributed by atoms with van der Waals surface area (Å²) in [6, 6.07) is 21.1. The lowest BCUT2D eigenvalue weighted by atomic mass is 10.0. The molecule has 35 heavy (non-hydrogen) atoms. The van der Waals surface area contributed by atoms with Crippen LogP contribution in [0.5, 0.6) is 17.2 Å². The van der Waals surface area contributed by atoms with Crippen LogP contribution in [0.4, 0.5) is 0 Å². The Morgan fingerprint density at radius 2 is 1.63 bits per heavy atom. The van der Waals surface area contributed by atoms with E-state index in [1.165, 1.54) is 6.07 Å². The minimum Gasteiger partial charge on any atom is -0.496 e. The predicted octanol–water partition coefficient (Wildman–Crippen LogP) is 5.55. The van der Waals surface area contributed by atoms with Crippen molar-refractivity contribution >= 4 is 21.9 Å². The fourth-order valence-electron chi connectivity index (χ4n) is 4.01. The lowest BCUT2D eigenvalue weighted by Gasteiger charge is -2.11. The number of hydrogen-bond donors (Lipinski definition) is 0. The molecule has 0 aliphatic rings. The Bertz CT molecular complexity index is 1650. The second-order valence-electron chi connectivity index (χ2n) is 7.79. The molecular weight excluding hydrogens is 448 g/mol. The Labute approximate surface area is 200 Å². The largest absolute Gasteiger partial charge is 0.496 e. The molecule has 7 heteroatoms. The summed E-state index contributed by atoms with van der Waals surface area (Å²) in [5, 5.41) is 1.27. The van der Waals surface area contributed by atoms with Crippen LogP contribution in [0.2, 0.25) is 0 Å². The van der Waals surface area contributed by atoms with Gasteiger partial charge in [-0.1, -0.05) is 30.3 Å². The van der Waals surface area contributed by atoms with E-state index >= 15 is 0 Å². The standard InChI is InChI=1S/C28H22O7/c1-3-32-24-10-6-8-17-13-22(28(30)35-27(17)24)21-15-26(29)34-25-14-19(11-12-20(21)25)33-16-18-7-4-5-9-23(18)31-2/h4-15H,3,16H2,1-2H3. The first-order valence-corrected chi connectivity index (χ1v) is 11.1. The number of ether oxygens (including phenoxy) is 3. The summed E-state index contributed by atoms with van der Waals surface area (Å²) in [6.45, 7) is 2.57. The zero-order valence-electron chi connectivity index (χ0n) is 19.2. The Kier molecular flexibility index (Phi) is 5.97. The van der Waals surface area contributed by atoms with E-state index in [2.05, 4.69) is 0 Å². The maximum Gasteiger partial charge on any atom is 0.344 e. The molecule has 0 unspecified atom stereocenters. The zero-order valence-corrected chi connectivity index (χ0v) is 19.2. The normalized spacial score (nSPS) is 11.0. The molecule has 0 radical (unpaired) electrons. The third kappa shape index (κ3) is 4.36. The molecule has 2 heterocycles. The van der Waals surface area contributed by atoms with E-state index in [9.17, 15) is 9.59 Å². The lowest BCUT2D eigenvalue weighted by molar-refractivity contribution is 0.296. The molecule has 2 aromatic heterocycles. The summed E-state index contributed by atoms with van der Waals surface area (Å²) in [6.07, 6.45) is 0. The van der Waals surface area contributed by atoms with Crippen LogP contribution in [-0.2, 0) is 6.61 Å². The summed E-state index contributed by atoms with van der Waals surface area (Å²) in [4.78, 5) is 25.3. The van der Waals surface area contributed by atoms with Crippen molar-refractivity contribution in [2.24, 2.45) is 0 Å². The molecule has 0 saturated carbocycles. The highest BCUT2D eigenvalue weighted by Gasteiger charge is 2.16. The van der Waals surface area contributed by atoms with Gasteiger partial charge in [0, 0.05) is 34.0 Å². The Hall–Kier alpha value is -4.52. The second kappa shape index (κ2) is 9.38. The molecule has 0 amide bonds. The van der Waals surface area contributed by atoms with Gasteiger partial charge in [-0.25, -0.2) is 9.59 Å². The topological polar surface area (TPSA) is 88.1 Å². The third-order valence-corrected chi connectivity index (χ3v) is 5.62. The molecular formula is C28H22O7. The first-order valence-electron chi connectivity index (χ1n) is 11.1. The first-order chi connectivity index (χ1) is 17.1. The van der Waals surface area contributed by atoms with Crippen molar-refractivity contribution < 1.29 is 23.0 Å². The molecule has 0 saturated heterocycles. The van der Waals surface area contributed by atoms with Crippen LogP contribution in [-0.4, -0.2) is 13.7 Å². The van der Waals surface area contributed by atoms with Crippen molar-refractivity contribution in [2.75, 3.05) is 13.7 Å². The average molecular weight is 470 g/mol.